The van der Waals surface area contributed by atoms with Crippen molar-refractivity contribution < 1.29 is 14.3 Å². The Morgan fingerprint density at radius 2 is 1.70 bits per heavy atom. The van der Waals surface area contributed by atoms with Crippen LogP contribution in [-0.4, -0.2) is 18.4 Å². The molecule has 2 aromatic rings. The Morgan fingerprint density at radius 3 is 2.26 bits per heavy atom. The summed E-state index contributed by atoms with van der Waals surface area (Å²) in [5, 5.41) is 2.59. The lowest BCUT2D eigenvalue weighted by Gasteiger charge is -2.16. The average Bonchev–Trinajstić information content (AvgIpc) is 2.50. The van der Waals surface area contributed by atoms with Gasteiger partial charge in [0.05, 0.1) is 0 Å². The van der Waals surface area contributed by atoms with Gasteiger partial charge in [-0.3, -0.25) is 9.59 Å². The molecule has 0 saturated heterocycles. The van der Waals surface area contributed by atoms with E-state index < -0.39 is 17.9 Å². The van der Waals surface area contributed by atoms with Gasteiger partial charge in [0.2, 0.25) is 5.91 Å². The van der Waals surface area contributed by atoms with Crippen molar-refractivity contribution in [1.29, 1.82) is 0 Å². The highest BCUT2D eigenvalue weighted by atomic mass is 16.5. The molecule has 0 radical (unpaired) electrons. The van der Waals surface area contributed by atoms with Crippen LogP contribution in [0.2, 0.25) is 0 Å². The van der Waals surface area contributed by atoms with Crippen molar-refractivity contribution >= 4 is 11.8 Å². The van der Waals surface area contributed by atoms with E-state index in [1.807, 2.05) is 38.1 Å². The summed E-state index contributed by atoms with van der Waals surface area (Å²) < 4.78 is 5.48. The molecule has 2 aromatic carbocycles. The Bertz CT molecular complexity index is 678. The molecule has 0 heterocycles. The number of amides is 2. The molecule has 120 valence electrons. The number of rotatable bonds is 6. The number of ether oxygens (including phenoxy) is 1. The molecule has 0 saturated carbocycles. The van der Waals surface area contributed by atoms with E-state index in [1.165, 1.54) is 0 Å². The molecule has 0 spiro atoms. The number of nitrogens with two attached hydrogens (primary N) is 1. The third kappa shape index (κ3) is 4.85. The fourth-order valence-electron chi connectivity index (χ4n) is 2.33. The number of nitrogens with one attached hydrogen (secondary N) is 1. The van der Waals surface area contributed by atoms with E-state index in [1.54, 1.807) is 24.3 Å². The minimum atomic E-state index is -0.869. The van der Waals surface area contributed by atoms with E-state index in [9.17, 15) is 9.59 Å². The Morgan fingerprint density at radius 1 is 1.09 bits per heavy atom. The minimum Gasteiger partial charge on any atom is -0.484 e. The molecular formula is C18H20N2O3. The number of benzene rings is 2. The second kappa shape index (κ2) is 7.45. The smallest absolute Gasteiger partial charge is 0.258 e. The molecule has 5 heteroatoms. The summed E-state index contributed by atoms with van der Waals surface area (Å²) in [5.74, 6) is -0.402. The third-order valence-corrected chi connectivity index (χ3v) is 3.29. The Hall–Kier alpha value is -2.82. The van der Waals surface area contributed by atoms with Gasteiger partial charge in [0.1, 0.15) is 11.8 Å². The minimum absolute atomic E-state index is 0.181. The molecule has 1 atom stereocenters. The van der Waals surface area contributed by atoms with Crippen LogP contribution in [0.25, 0.3) is 0 Å². The van der Waals surface area contributed by atoms with E-state index in [0.29, 0.717) is 11.3 Å². The van der Waals surface area contributed by atoms with Crippen LogP contribution in [-0.2, 0) is 9.59 Å². The fraction of sp³-hybridized carbons (Fsp3) is 0.222. The first-order valence-corrected chi connectivity index (χ1v) is 7.30. The lowest BCUT2D eigenvalue weighted by molar-refractivity contribution is -0.128. The number of carbonyl (C=O) groups is 2. The summed E-state index contributed by atoms with van der Waals surface area (Å²) in [6, 6.07) is 13.7. The van der Waals surface area contributed by atoms with E-state index in [4.69, 9.17) is 10.5 Å². The van der Waals surface area contributed by atoms with Crippen molar-refractivity contribution in [2.75, 3.05) is 6.61 Å². The second-order valence-corrected chi connectivity index (χ2v) is 5.43. The first-order chi connectivity index (χ1) is 11.0. The molecule has 3 N–H and O–H groups in total. The molecule has 0 aliphatic heterocycles. The van der Waals surface area contributed by atoms with Gasteiger partial charge >= 0.3 is 0 Å². The monoisotopic (exact) mass is 312 g/mol. The first-order valence-electron chi connectivity index (χ1n) is 7.30. The highest BCUT2D eigenvalue weighted by molar-refractivity contribution is 5.88. The predicted octanol–water partition coefficient (Wildman–Crippen LogP) is 2.03. The van der Waals surface area contributed by atoms with Crippen LogP contribution < -0.4 is 15.8 Å². The zero-order valence-electron chi connectivity index (χ0n) is 13.2. The normalized spacial score (nSPS) is 11.6. The van der Waals surface area contributed by atoms with Gasteiger partial charge in [-0.15, -0.1) is 0 Å². The Labute approximate surface area is 135 Å². The summed E-state index contributed by atoms with van der Waals surface area (Å²) in [5.41, 5.74) is 8.12. The predicted molar refractivity (Wildman–Crippen MR) is 87.9 cm³/mol. The first kappa shape index (κ1) is 16.5. The van der Waals surface area contributed by atoms with Crippen LogP contribution in [0.15, 0.2) is 48.5 Å². The average molecular weight is 312 g/mol. The Kier molecular flexibility index (Phi) is 5.36. The molecule has 23 heavy (non-hydrogen) atoms. The van der Waals surface area contributed by atoms with Gasteiger partial charge in [0, 0.05) is 0 Å². The van der Waals surface area contributed by atoms with Gasteiger partial charge in [0.15, 0.2) is 6.61 Å². The standard InChI is InChI=1S/C18H20N2O3/c1-12-8-13(2)10-15(9-12)23-11-16(21)20-17(18(19)22)14-6-4-3-5-7-14/h3-10,17H,11H2,1-2H3,(H2,19,22)(H,20,21)/t17-/m0/s1. The molecule has 0 aromatic heterocycles. The second-order valence-electron chi connectivity index (χ2n) is 5.43. The maximum absolute atomic E-state index is 12.0. The van der Waals surface area contributed by atoms with Crippen molar-refractivity contribution in [3.8, 4) is 5.75 Å². The lowest BCUT2D eigenvalue weighted by atomic mass is 10.1. The maximum atomic E-state index is 12.0. The summed E-state index contributed by atoms with van der Waals surface area (Å²) in [7, 11) is 0. The van der Waals surface area contributed by atoms with Gasteiger partial charge in [0.25, 0.3) is 5.91 Å². The molecule has 0 aliphatic rings. The van der Waals surface area contributed by atoms with Crippen molar-refractivity contribution in [2.45, 2.75) is 19.9 Å². The van der Waals surface area contributed by atoms with Crippen LogP contribution >= 0.6 is 0 Å². The van der Waals surface area contributed by atoms with Crippen LogP contribution in [0.3, 0.4) is 0 Å². The molecule has 2 rings (SSSR count). The SMILES string of the molecule is Cc1cc(C)cc(OCC(=O)N[C@H](C(N)=O)c2ccccc2)c1. The quantitative estimate of drug-likeness (QED) is 0.856. The molecule has 0 unspecified atom stereocenters. The fourth-order valence-corrected chi connectivity index (χ4v) is 2.33. The van der Waals surface area contributed by atoms with Gasteiger partial charge in [-0.2, -0.15) is 0 Å². The van der Waals surface area contributed by atoms with Crippen molar-refractivity contribution in [3.05, 3.63) is 65.2 Å². The van der Waals surface area contributed by atoms with E-state index in [-0.39, 0.29) is 6.61 Å². The number of hydrogen-bond acceptors (Lipinski definition) is 3. The van der Waals surface area contributed by atoms with Gasteiger partial charge in [-0.25, -0.2) is 0 Å². The maximum Gasteiger partial charge on any atom is 0.258 e. The van der Waals surface area contributed by atoms with Gasteiger partial charge < -0.3 is 15.8 Å². The third-order valence-electron chi connectivity index (χ3n) is 3.29. The van der Waals surface area contributed by atoms with Crippen molar-refractivity contribution in [3.63, 3.8) is 0 Å². The molecule has 2 amide bonds. The van der Waals surface area contributed by atoms with Crippen LogP contribution in [0.4, 0.5) is 0 Å². The topological polar surface area (TPSA) is 81.4 Å². The van der Waals surface area contributed by atoms with Crippen LogP contribution in [0.5, 0.6) is 5.75 Å². The lowest BCUT2D eigenvalue weighted by Crippen LogP contribution is -2.39. The molecular weight excluding hydrogens is 292 g/mol. The number of aryl methyl sites for hydroxylation is 2. The Balaban J connectivity index is 1.98. The summed E-state index contributed by atoms with van der Waals surface area (Å²) in [4.78, 5) is 23.6. The van der Waals surface area contributed by atoms with E-state index >= 15 is 0 Å². The zero-order valence-corrected chi connectivity index (χ0v) is 13.2. The number of hydrogen-bond donors (Lipinski definition) is 2. The molecule has 0 aliphatic carbocycles. The van der Waals surface area contributed by atoms with Gasteiger partial charge in [-0.05, 0) is 42.7 Å². The summed E-state index contributed by atoms with van der Waals surface area (Å²) in [6.07, 6.45) is 0. The molecule has 5 nitrogen and oxygen atoms in total. The number of primary amides is 1. The van der Waals surface area contributed by atoms with Crippen LogP contribution in [0, 0.1) is 13.8 Å². The highest BCUT2D eigenvalue weighted by Gasteiger charge is 2.20. The van der Waals surface area contributed by atoms with Crippen molar-refractivity contribution in [2.24, 2.45) is 5.73 Å². The molecule has 0 fully saturated rings. The van der Waals surface area contributed by atoms with E-state index in [0.717, 1.165) is 11.1 Å². The number of carbonyl (C=O) groups excluding carboxylic acids is 2. The summed E-state index contributed by atoms with van der Waals surface area (Å²) >= 11 is 0. The highest BCUT2D eigenvalue weighted by Crippen LogP contribution is 2.16. The molecule has 0 bridgehead atoms. The largest absolute Gasteiger partial charge is 0.484 e. The zero-order chi connectivity index (χ0) is 16.8. The van der Waals surface area contributed by atoms with Gasteiger partial charge in [-0.1, -0.05) is 36.4 Å². The van der Waals surface area contributed by atoms with Crippen molar-refractivity contribution in [1.82, 2.24) is 5.32 Å². The summed E-state index contributed by atoms with van der Waals surface area (Å²) in [6.45, 7) is 3.73. The van der Waals surface area contributed by atoms with Crippen LogP contribution in [0.1, 0.15) is 22.7 Å². The van der Waals surface area contributed by atoms with E-state index in [2.05, 4.69) is 5.32 Å².